The number of hydrogen-bond donors (Lipinski definition) is 1. The lowest BCUT2D eigenvalue weighted by Gasteiger charge is -2.12. The average molecular weight is 297 g/mol. The number of nitrogens with zero attached hydrogens (tertiary/aromatic N) is 2. The Balaban J connectivity index is 2.13. The molecule has 1 heterocycles. The van der Waals surface area contributed by atoms with Crippen LogP contribution in [0.15, 0.2) is 30.5 Å². The monoisotopic (exact) mass is 296 g/mol. The van der Waals surface area contributed by atoms with E-state index in [-0.39, 0.29) is 5.02 Å². The van der Waals surface area contributed by atoms with E-state index in [1.165, 1.54) is 12.1 Å². The van der Waals surface area contributed by atoms with E-state index in [1.807, 2.05) is 16.9 Å². The van der Waals surface area contributed by atoms with Gasteiger partial charge >= 0.3 is 0 Å². The summed E-state index contributed by atoms with van der Waals surface area (Å²) < 4.78 is 15.2. The van der Waals surface area contributed by atoms with E-state index in [0.29, 0.717) is 18.0 Å². The minimum Gasteiger partial charge on any atom is -0.388 e. The van der Waals surface area contributed by atoms with Gasteiger partial charge < -0.3 is 5.11 Å². The lowest BCUT2D eigenvalue weighted by atomic mass is 10.0. The van der Waals surface area contributed by atoms with Crippen LogP contribution in [0.5, 0.6) is 0 Å². The molecule has 2 aromatic rings. The van der Waals surface area contributed by atoms with E-state index in [9.17, 15) is 9.50 Å². The Morgan fingerprint density at radius 3 is 2.85 bits per heavy atom. The lowest BCUT2D eigenvalue weighted by molar-refractivity contribution is 0.176. The zero-order valence-corrected chi connectivity index (χ0v) is 12.3. The summed E-state index contributed by atoms with van der Waals surface area (Å²) in [5.74, 6) is -0.520. The topological polar surface area (TPSA) is 38.0 Å². The van der Waals surface area contributed by atoms with E-state index < -0.39 is 11.9 Å². The normalized spacial score (nSPS) is 14.2. The highest BCUT2D eigenvalue weighted by atomic mass is 35.5. The Bertz CT molecular complexity index is 585. The molecule has 0 aliphatic heterocycles. The molecule has 0 fully saturated rings. The predicted molar refractivity (Wildman–Crippen MR) is 77.3 cm³/mol. The second-order valence-corrected chi connectivity index (χ2v) is 5.29. The Kier molecular flexibility index (Phi) is 4.78. The maximum absolute atomic E-state index is 13.4. The number of aliphatic hydroxyl groups excluding tert-OH is 1. The zero-order valence-electron chi connectivity index (χ0n) is 11.6. The third-order valence-electron chi connectivity index (χ3n) is 3.45. The zero-order chi connectivity index (χ0) is 14.7. The van der Waals surface area contributed by atoms with Crippen LogP contribution in [-0.4, -0.2) is 14.9 Å². The maximum atomic E-state index is 13.4. The molecular weight excluding hydrogens is 279 g/mol. The highest BCUT2D eigenvalue weighted by Gasteiger charge is 2.16. The number of benzene rings is 1. The second kappa shape index (κ2) is 6.37. The van der Waals surface area contributed by atoms with E-state index >= 15 is 0 Å². The van der Waals surface area contributed by atoms with Crippen molar-refractivity contribution in [2.24, 2.45) is 0 Å². The third kappa shape index (κ3) is 3.19. The van der Waals surface area contributed by atoms with Crippen LogP contribution in [0.2, 0.25) is 5.02 Å². The minimum atomic E-state index is -0.863. The summed E-state index contributed by atoms with van der Waals surface area (Å²) in [7, 11) is 0. The predicted octanol–water partition coefficient (Wildman–Crippen LogP) is 3.92. The molecule has 3 nitrogen and oxygen atoms in total. The maximum Gasteiger partial charge on any atom is 0.142 e. The quantitative estimate of drug-likeness (QED) is 0.908. The van der Waals surface area contributed by atoms with Gasteiger partial charge in [0.15, 0.2) is 0 Å². The molecule has 2 unspecified atom stereocenters. The van der Waals surface area contributed by atoms with Crippen LogP contribution < -0.4 is 0 Å². The van der Waals surface area contributed by atoms with Gasteiger partial charge in [0.05, 0.1) is 16.8 Å². The Morgan fingerprint density at radius 1 is 1.40 bits per heavy atom. The standard InChI is InChI=1S/C15H18ClFN2O/c1-3-10(2)19-8-7-11(18-19)9-14(20)12-5-4-6-13(17)15(12)16/h4-8,10,14,20H,3,9H2,1-2H3. The van der Waals surface area contributed by atoms with Crippen molar-refractivity contribution < 1.29 is 9.50 Å². The molecule has 0 saturated heterocycles. The van der Waals surface area contributed by atoms with Crippen LogP contribution in [0.1, 0.15) is 43.7 Å². The van der Waals surface area contributed by atoms with E-state index in [1.54, 1.807) is 6.07 Å². The molecule has 0 bridgehead atoms. The first-order valence-electron chi connectivity index (χ1n) is 6.69. The van der Waals surface area contributed by atoms with Crippen LogP contribution in [0.4, 0.5) is 4.39 Å². The molecule has 0 radical (unpaired) electrons. The van der Waals surface area contributed by atoms with Crippen LogP contribution >= 0.6 is 11.6 Å². The van der Waals surface area contributed by atoms with Crippen LogP contribution in [0, 0.1) is 5.82 Å². The fraction of sp³-hybridized carbons (Fsp3) is 0.400. The Hall–Kier alpha value is -1.39. The molecular formula is C15H18ClFN2O. The van der Waals surface area contributed by atoms with E-state index in [4.69, 9.17) is 11.6 Å². The minimum absolute atomic E-state index is 0.0265. The van der Waals surface area contributed by atoms with Crippen LogP contribution in [0.3, 0.4) is 0 Å². The SMILES string of the molecule is CCC(C)n1ccc(CC(O)c2cccc(F)c2Cl)n1. The lowest BCUT2D eigenvalue weighted by Crippen LogP contribution is -2.07. The molecule has 0 spiro atoms. The van der Waals surface area contributed by atoms with Crippen molar-refractivity contribution >= 4 is 11.6 Å². The molecule has 0 amide bonds. The van der Waals surface area contributed by atoms with Gasteiger partial charge in [-0.15, -0.1) is 0 Å². The fourth-order valence-electron chi connectivity index (χ4n) is 2.00. The summed E-state index contributed by atoms with van der Waals surface area (Å²) in [5, 5.41) is 14.6. The van der Waals surface area contributed by atoms with Crippen molar-refractivity contribution in [2.45, 2.75) is 38.8 Å². The second-order valence-electron chi connectivity index (χ2n) is 4.91. The highest BCUT2D eigenvalue weighted by Crippen LogP contribution is 2.27. The third-order valence-corrected chi connectivity index (χ3v) is 3.85. The van der Waals surface area contributed by atoms with Crippen LogP contribution in [0.25, 0.3) is 0 Å². The first kappa shape index (κ1) is 15.0. The molecule has 1 N–H and O–H groups in total. The van der Waals surface area contributed by atoms with Gasteiger partial charge in [-0.1, -0.05) is 30.7 Å². The fourth-order valence-corrected chi connectivity index (χ4v) is 2.26. The number of halogens is 2. The van der Waals surface area contributed by atoms with Gasteiger partial charge in [-0.3, -0.25) is 4.68 Å². The average Bonchev–Trinajstić information content (AvgIpc) is 2.89. The summed E-state index contributed by atoms with van der Waals surface area (Å²) in [6.45, 7) is 4.17. The summed E-state index contributed by atoms with van der Waals surface area (Å²) in [5.41, 5.74) is 1.16. The molecule has 2 rings (SSSR count). The number of rotatable bonds is 5. The largest absolute Gasteiger partial charge is 0.388 e. The number of hydrogen-bond acceptors (Lipinski definition) is 2. The van der Waals surface area contributed by atoms with Crippen molar-refractivity contribution in [3.05, 3.63) is 52.6 Å². The number of aliphatic hydroxyl groups is 1. The molecule has 0 saturated carbocycles. The highest BCUT2D eigenvalue weighted by molar-refractivity contribution is 6.31. The van der Waals surface area contributed by atoms with Crippen LogP contribution in [-0.2, 0) is 6.42 Å². The van der Waals surface area contributed by atoms with Gasteiger partial charge in [0.2, 0.25) is 0 Å². The van der Waals surface area contributed by atoms with Crippen molar-refractivity contribution in [1.82, 2.24) is 9.78 Å². The van der Waals surface area contributed by atoms with Gasteiger partial charge in [0.25, 0.3) is 0 Å². The Morgan fingerprint density at radius 2 is 2.15 bits per heavy atom. The van der Waals surface area contributed by atoms with Gasteiger partial charge in [-0.2, -0.15) is 5.10 Å². The first-order valence-corrected chi connectivity index (χ1v) is 7.06. The van der Waals surface area contributed by atoms with E-state index in [2.05, 4.69) is 18.9 Å². The molecule has 108 valence electrons. The molecule has 5 heteroatoms. The van der Waals surface area contributed by atoms with Crippen molar-refractivity contribution in [2.75, 3.05) is 0 Å². The summed E-state index contributed by atoms with van der Waals surface area (Å²) in [4.78, 5) is 0. The molecule has 1 aromatic heterocycles. The van der Waals surface area contributed by atoms with Crippen molar-refractivity contribution in [1.29, 1.82) is 0 Å². The summed E-state index contributed by atoms with van der Waals surface area (Å²) in [6, 6.07) is 6.62. The smallest absolute Gasteiger partial charge is 0.142 e. The van der Waals surface area contributed by atoms with Gasteiger partial charge in [-0.05, 0) is 25.5 Å². The molecule has 0 aliphatic rings. The Labute approximate surface area is 123 Å². The van der Waals surface area contributed by atoms with Crippen molar-refractivity contribution in [3.63, 3.8) is 0 Å². The van der Waals surface area contributed by atoms with E-state index in [0.717, 1.165) is 12.1 Å². The van der Waals surface area contributed by atoms with Gasteiger partial charge in [0, 0.05) is 24.2 Å². The first-order chi connectivity index (χ1) is 9.52. The van der Waals surface area contributed by atoms with Gasteiger partial charge in [0.1, 0.15) is 5.82 Å². The van der Waals surface area contributed by atoms with Crippen molar-refractivity contribution in [3.8, 4) is 0 Å². The molecule has 2 atom stereocenters. The molecule has 1 aromatic carbocycles. The van der Waals surface area contributed by atoms with Gasteiger partial charge in [-0.25, -0.2) is 4.39 Å². The summed E-state index contributed by atoms with van der Waals surface area (Å²) in [6.07, 6.45) is 2.33. The molecule has 20 heavy (non-hydrogen) atoms. The number of aromatic nitrogens is 2. The molecule has 0 aliphatic carbocycles. The summed E-state index contributed by atoms with van der Waals surface area (Å²) >= 11 is 5.87.